The van der Waals surface area contributed by atoms with Gasteiger partial charge in [0, 0.05) is 0 Å². The summed E-state index contributed by atoms with van der Waals surface area (Å²) in [5.74, 6) is -1.50. The van der Waals surface area contributed by atoms with Crippen LogP contribution in [0.3, 0.4) is 0 Å². The Balaban J connectivity index is 2.54. The van der Waals surface area contributed by atoms with Crippen LogP contribution >= 0.6 is 0 Å². The molecule has 0 saturated carbocycles. The van der Waals surface area contributed by atoms with E-state index in [-0.39, 0.29) is 34.8 Å². The van der Waals surface area contributed by atoms with Gasteiger partial charge < -0.3 is 0 Å². The molecule has 0 radical (unpaired) electrons. The molecule has 8 nitrogen and oxygen atoms in total. The summed E-state index contributed by atoms with van der Waals surface area (Å²) >= 11 is 0.562. The summed E-state index contributed by atoms with van der Waals surface area (Å²) in [4.78, 5) is 24.3. The molecule has 0 heterocycles. The molecule has 0 unspecified atom stereocenters. The van der Waals surface area contributed by atoms with Gasteiger partial charge in [-0.05, 0) is 0 Å². The van der Waals surface area contributed by atoms with Crippen molar-refractivity contribution >= 4 is 52.8 Å². The van der Waals surface area contributed by atoms with Gasteiger partial charge in [-0.3, -0.25) is 0 Å². The molecule has 0 spiro atoms. The van der Waals surface area contributed by atoms with Crippen LogP contribution in [0.4, 0.5) is 0 Å². The number of hydrogen-bond acceptors (Lipinski definition) is 7. The van der Waals surface area contributed by atoms with Crippen LogP contribution in [0.25, 0.3) is 0 Å². The second kappa shape index (κ2) is 9.93. The standard InChI is InChI=1S/C20H21O8S.Na/c1-12(2)26-19(21)14-9-15(20(22)27-13(3)4)11-16(10-14)28-17-7-5-6-8-18(17)29(23,24)25;/h5,7-13H,1-4H3,(H,23,24,25);. The number of carbonyl (C=O) groups is 2. The molecule has 0 amide bonds. The number of hydrogen-bond donors (Lipinski definition) is 1. The van der Waals surface area contributed by atoms with Gasteiger partial charge in [-0.25, -0.2) is 0 Å². The topological polar surface area (TPSA) is 116 Å². The first-order valence-corrected chi connectivity index (χ1v) is 11.6. The summed E-state index contributed by atoms with van der Waals surface area (Å²) in [7, 11) is -4.55. The number of benzene rings is 2. The number of esters is 2. The Labute approximate surface area is 192 Å². The van der Waals surface area contributed by atoms with Gasteiger partial charge in [0.1, 0.15) is 0 Å². The maximum absolute atomic E-state index is 12.4. The summed E-state index contributed by atoms with van der Waals surface area (Å²) < 4.78 is 49.7. The Morgan fingerprint density at radius 3 is 1.83 bits per heavy atom. The van der Waals surface area contributed by atoms with Crippen LogP contribution in [0.5, 0.6) is 11.5 Å². The van der Waals surface area contributed by atoms with Crippen molar-refractivity contribution in [2.45, 2.75) is 44.8 Å². The van der Waals surface area contributed by atoms with E-state index in [0.717, 1.165) is 2.81 Å². The zero-order chi connectivity index (χ0) is 22.6. The first kappa shape index (κ1) is 24.4. The summed E-state index contributed by atoms with van der Waals surface area (Å²) in [5, 5.41) is 0. The molecule has 0 atom stereocenters. The fraction of sp³-hybridized carbons (Fsp3) is 0.300. The van der Waals surface area contributed by atoms with Crippen LogP contribution in [0.15, 0.2) is 41.3 Å². The summed E-state index contributed by atoms with van der Waals surface area (Å²) in [5.41, 5.74) is 0.0645. The molecule has 2 aromatic carbocycles. The van der Waals surface area contributed by atoms with Gasteiger partial charge in [-0.15, -0.1) is 0 Å². The quantitative estimate of drug-likeness (QED) is 0.394. The second-order valence-corrected chi connectivity index (χ2v) is 9.73. The Hall–Kier alpha value is -1.91. The van der Waals surface area contributed by atoms with Crippen molar-refractivity contribution < 1.29 is 36.8 Å². The average molecular weight is 444 g/mol. The van der Waals surface area contributed by atoms with Gasteiger partial charge in [-0.2, -0.15) is 0 Å². The fourth-order valence-corrected chi connectivity index (χ4v) is 3.85. The maximum atomic E-state index is 12.4. The normalized spacial score (nSPS) is 11.5. The molecule has 0 saturated heterocycles. The Kier molecular flexibility index (Phi) is 8.06. The molecule has 0 aliphatic heterocycles. The molecule has 30 heavy (non-hydrogen) atoms. The fourth-order valence-electron chi connectivity index (χ4n) is 2.49. The average Bonchev–Trinajstić information content (AvgIpc) is 2.61. The van der Waals surface area contributed by atoms with E-state index in [1.165, 1.54) is 30.3 Å². The van der Waals surface area contributed by atoms with Crippen molar-refractivity contribution in [2.24, 2.45) is 0 Å². The van der Waals surface area contributed by atoms with Crippen LogP contribution in [-0.2, 0) is 19.6 Å². The van der Waals surface area contributed by atoms with Crippen molar-refractivity contribution in [1.29, 1.82) is 0 Å². The van der Waals surface area contributed by atoms with Crippen molar-refractivity contribution in [3.05, 3.63) is 47.5 Å². The molecule has 0 aliphatic carbocycles. The van der Waals surface area contributed by atoms with Crippen LogP contribution in [0.2, 0.25) is 0 Å². The molecule has 0 fully saturated rings. The number of carbonyl (C=O) groups excluding carboxylic acids is 2. The van der Waals surface area contributed by atoms with E-state index >= 15 is 0 Å². The third kappa shape index (κ3) is 6.82. The van der Waals surface area contributed by atoms with E-state index in [4.69, 9.17) is 14.2 Å². The SMILES string of the molecule is CC(C)OC(=O)c1cc(Oc2cc[c]([Na])cc2S(=O)(=O)O)cc(C(=O)OC(C)C)c1. The van der Waals surface area contributed by atoms with Crippen LogP contribution in [-0.4, -0.2) is 65.0 Å². The minimum absolute atomic E-state index is 0.00918. The molecule has 10 heteroatoms. The van der Waals surface area contributed by atoms with Crippen molar-refractivity contribution in [2.75, 3.05) is 0 Å². The molecule has 0 aromatic heterocycles. The predicted octanol–water partition coefficient (Wildman–Crippen LogP) is 2.65. The van der Waals surface area contributed by atoms with E-state index < -0.39 is 27.0 Å². The van der Waals surface area contributed by atoms with E-state index in [1.54, 1.807) is 33.8 Å². The second-order valence-electron chi connectivity index (χ2n) is 7.18. The number of ether oxygens (including phenoxy) is 3. The van der Waals surface area contributed by atoms with Gasteiger partial charge in [0.2, 0.25) is 0 Å². The van der Waals surface area contributed by atoms with Gasteiger partial charge >= 0.3 is 193 Å². The molecule has 0 bridgehead atoms. The van der Waals surface area contributed by atoms with Crippen LogP contribution in [0.1, 0.15) is 48.4 Å². The Morgan fingerprint density at radius 1 is 0.900 bits per heavy atom. The molecule has 156 valence electrons. The molecule has 2 rings (SSSR count). The molecular formula is C20H21NaO8S. The van der Waals surface area contributed by atoms with Gasteiger partial charge in [0.05, 0.1) is 0 Å². The van der Waals surface area contributed by atoms with Crippen molar-refractivity contribution in [3.63, 3.8) is 0 Å². The summed E-state index contributed by atoms with van der Waals surface area (Å²) in [6.45, 7) is 6.72. The summed E-state index contributed by atoms with van der Waals surface area (Å²) in [6, 6.07) is 8.31. The van der Waals surface area contributed by atoms with Crippen molar-refractivity contribution in [3.8, 4) is 11.5 Å². The zero-order valence-electron chi connectivity index (χ0n) is 17.3. The van der Waals surface area contributed by atoms with E-state index in [2.05, 4.69) is 0 Å². The first-order valence-electron chi connectivity index (χ1n) is 9.20. The van der Waals surface area contributed by atoms with E-state index in [1.807, 2.05) is 0 Å². The van der Waals surface area contributed by atoms with Gasteiger partial charge in [0.25, 0.3) is 0 Å². The van der Waals surface area contributed by atoms with Crippen molar-refractivity contribution in [1.82, 2.24) is 0 Å². The van der Waals surface area contributed by atoms with Gasteiger partial charge in [0.15, 0.2) is 0 Å². The van der Waals surface area contributed by atoms with E-state index in [9.17, 15) is 22.6 Å². The zero-order valence-corrected chi connectivity index (χ0v) is 20.1. The monoisotopic (exact) mass is 444 g/mol. The Bertz CT molecular complexity index is 1020. The molecule has 0 aliphatic rings. The third-order valence-electron chi connectivity index (χ3n) is 3.67. The first-order chi connectivity index (χ1) is 13.9. The molecule has 1 N–H and O–H groups in total. The van der Waals surface area contributed by atoms with Crippen LogP contribution in [0, 0.1) is 0 Å². The Morgan fingerprint density at radius 2 is 1.40 bits per heavy atom. The molecule has 2 aromatic rings. The number of rotatable bonds is 7. The minimum atomic E-state index is -4.55. The van der Waals surface area contributed by atoms with E-state index in [0.29, 0.717) is 27.9 Å². The molecular weight excluding hydrogens is 423 g/mol. The summed E-state index contributed by atoms with van der Waals surface area (Å²) in [6.07, 6.45) is -0.777. The van der Waals surface area contributed by atoms with Gasteiger partial charge in [-0.1, -0.05) is 0 Å². The predicted molar refractivity (Wildman–Crippen MR) is 109 cm³/mol. The third-order valence-corrected chi connectivity index (χ3v) is 5.17. The van der Waals surface area contributed by atoms with Crippen LogP contribution < -0.4 is 7.55 Å².